The van der Waals surface area contributed by atoms with Crippen LogP contribution in [0.5, 0.6) is 0 Å². The Morgan fingerprint density at radius 2 is 2.29 bits per heavy atom. The molecule has 1 saturated heterocycles. The highest BCUT2D eigenvalue weighted by Crippen LogP contribution is 2.31. The van der Waals surface area contributed by atoms with E-state index in [1.807, 2.05) is 12.1 Å². The highest BCUT2D eigenvalue weighted by molar-refractivity contribution is 5.80. The van der Waals surface area contributed by atoms with E-state index in [1.165, 1.54) is 12.1 Å². The average Bonchev–Trinajstić information content (AvgIpc) is 2.88. The largest absolute Gasteiger partial charge is 0.337 e. The summed E-state index contributed by atoms with van der Waals surface area (Å²) in [6.45, 7) is 0.422. The summed E-state index contributed by atoms with van der Waals surface area (Å²) in [6, 6.07) is 9.96. The molecule has 0 saturated carbocycles. The van der Waals surface area contributed by atoms with Gasteiger partial charge in [-0.05, 0) is 29.3 Å². The summed E-state index contributed by atoms with van der Waals surface area (Å²) in [5.74, 6) is -0.465. The number of carbonyl (C=O) groups excluding carboxylic acids is 1. The number of carbonyl (C=O) groups is 1. The Bertz CT molecular complexity index is 787. The molecule has 2 atom stereocenters. The summed E-state index contributed by atoms with van der Waals surface area (Å²) in [7, 11) is 1.78. The highest BCUT2D eigenvalue weighted by Gasteiger charge is 2.38. The minimum absolute atomic E-state index is 0.0303. The quantitative estimate of drug-likeness (QED) is 0.936. The predicted molar refractivity (Wildman–Crippen MR) is 86.1 cm³/mol. The molecule has 0 radical (unpaired) electrons. The molecular formula is C18H17FN4O. The summed E-state index contributed by atoms with van der Waals surface area (Å²) in [5.41, 5.74) is 1.73. The maximum absolute atomic E-state index is 13.7. The second-order valence-electron chi connectivity index (χ2n) is 5.85. The molecule has 1 N–H and O–H groups in total. The van der Waals surface area contributed by atoms with E-state index < -0.39 is 5.82 Å². The SMILES string of the molecule is CN1C(=O)C[C@@H](NCc2ccc(C#N)c(F)c2)[C@@H]1c1cccnc1. The van der Waals surface area contributed by atoms with Crippen molar-refractivity contribution >= 4 is 5.91 Å². The van der Waals surface area contributed by atoms with Crippen LogP contribution in [0.4, 0.5) is 4.39 Å². The number of halogens is 1. The number of nitrogens with zero attached hydrogens (tertiary/aromatic N) is 3. The van der Waals surface area contributed by atoms with E-state index >= 15 is 0 Å². The van der Waals surface area contributed by atoms with Gasteiger partial charge in [0, 0.05) is 38.4 Å². The minimum atomic E-state index is -0.528. The van der Waals surface area contributed by atoms with Crippen LogP contribution in [0, 0.1) is 17.1 Å². The first-order valence-corrected chi connectivity index (χ1v) is 7.67. The van der Waals surface area contributed by atoms with Gasteiger partial charge >= 0.3 is 0 Å². The Kier molecular flexibility index (Phi) is 4.54. The van der Waals surface area contributed by atoms with Gasteiger partial charge < -0.3 is 10.2 Å². The smallest absolute Gasteiger partial charge is 0.224 e. The van der Waals surface area contributed by atoms with E-state index in [0.717, 1.165) is 11.1 Å². The van der Waals surface area contributed by atoms with Crippen molar-refractivity contribution in [2.45, 2.75) is 25.0 Å². The first-order valence-electron chi connectivity index (χ1n) is 7.67. The van der Waals surface area contributed by atoms with Crippen molar-refractivity contribution in [3.63, 3.8) is 0 Å². The molecule has 0 aliphatic carbocycles. The number of hydrogen-bond acceptors (Lipinski definition) is 4. The van der Waals surface area contributed by atoms with Gasteiger partial charge in [0.1, 0.15) is 11.9 Å². The number of rotatable bonds is 4. The molecular weight excluding hydrogens is 307 g/mol. The molecule has 0 unspecified atom stereocenters. The zero-order valence-corrected chi connectivity index (χ0v) is 13.2. The normalized spacial score (nSPS) is 20.2. The average molecular weight is 324 g/mol. The van der Waals surface area contributed by atoms with Crippen molar-refractivity contribution in [3.05, 3.63) is 65.2 Å². The van der Waals surface area contributed by atoms with Crippen LogP contribution in [0.2, 0.25) is 0 Å². The van der Waals surface area contributed by atoms with Crippen LogP contribution in [0.25, 0.3) is 0 Å². The number of aromatic nitrogens is 1. The van der Waals surface area contributed by atoms with Crippen molar-refractivity contribution < 1.29 is 9.18 Å². The monoisotopic (exact) mass is 324 g/mol. The van der Waals surface area contributed by atoms with Gasteiger partial charge in [0.05, 0.1) is 11.6 Å². The molecule has 1 fully saturated rings. The van der Waals surface area contributed by atoms with E-state index in [0.29, 0.717) is 13.0 Å². The van der Waals surface area contributed by atoms with Gasteiger partial charge in [0.15, 0.2) is 0 Å². The van der Waals surface area contributed by atoms with Crippen molar-refractivity contribution in [2.75, 3.05) is 7.05 Å². The molecule has 1 aliphatic rings. The first-order chi connectivity index (χ1) is 11.6. The van der Waals surface area contributed by atoms with Gasteiger partial charge in [-0.2, -0.15) is 5.26 Å². The fourth-order valence-corrected chi connectivity index (χ4v) is 3.07. The van der Waals surface area contributed by atoms with E-state index in [9.17, 15) is 9.18 Å². The molecule has 5 nitrogen and oxygen atoms in total. The second kappa shape index (κ2) is 6.77. The third-order valence-corrected chi connectivity index (χ3v) is 4.33. The van der Waals surface area contributed by atoms with Gasteiger partial charge in [-0.15, -0.1) is 0 Å². The molecule has 3 rings (SSSR count). The second-order valence-corrected chi connectivity index (χ2v) is 5.85. The molecule has 6 heteroatoms. The zero-order valence-electron chi connectivity index (χ0n) is 13.2. The summed E-state index contributed by atoms with van der Waals surface area (Å²) >= 11 is 0. The van der Waals surface area contributed by atoms with Crippen LogP contribution in [0.3, 0.4) is 0 Å². The summed E-state index contributed by atoms with van der Waals surface area (Å²) in [5, 5.41) is 12.1. The van der Waals surface area contributed by atoms with Crippen molar-refractivity contribution in [1.29, 1.82) is 5.26 Å². The lowest BCUT2D eigenvalue weighted by atomic mass is 10.0. The number of nitrogens with one attached hydrogen (secondary N) is 1. The number of likely N-dealkylation sites (N-methyl/N-ethyl adjacent to an activating group) is 1. The summed E-state index contributed by atoms with van der Waals surface area (Å²) < 4.78 is 13.7. The lowest BCUT2D eigenvalue weighted by molar-refractivity contribution is -0.127. The summed E-state index contributed by atoms with van der Waals surface area (Å²) in [4.78, 5) is 17.9. The van der Waals surface area contributed by atoms with E-state index in [4.69, 9.17) is 5.26 Å². The highest BCUT2D eigenvalue weighted by atomic mass is 19.1. The minimum Gasteiger partial charge on any atom is -0.337 e. The Morgan fingerprint density at radius 3 is 2.96 bits per heavy atom. The molecule has 24 heavy (non-hydrogen) atoms. The molecule has 1 aromatic carbocycles. The topological polar surface area (TPSA) is 69.0 Å². The number of hydrogen-bond donors (Lipinski definition) is 1. The molecule has 2 aromatic rings. The number of amides is 1. The van der Waals surface area contributed by atoms with Crippen molar-refractivity contribution in [2.24, 2.45) is 0 Å². The van der Waals surface area contributed by atoms with Crippen LogP contribution >= 0.6 is 0 Å². The Balaban J connectivity index is 1.75. The Morgan fingerprint density at radius 1 is 1.46 bits per heavy atom. The number of benzene rings is 1. The maximum Gasteiger partial charge on any atom is 0.224 e. The zero-order chi connectivity index (χ0) is 17.1. The maximum atomic E-state index is 13.7. The van der Waals surface area contributed by atoms with Crippen molar-refractivity contribution in [1.82, 2.24) is 15.2 Å². The third kappa shape index (κ3) is 3.12. The lowest BCUT2D eigenvalue weighted by Gasteiger charge is -2.25. The molecule has 122 valence electrons. The van der Waals surface area contributed by atoms with Gasteiger partial charge in [-0.3, -0.25) is 9.78 Å². The first kappa shape index (κ1) is 16.1. The Hall–Kier alpha value is -2.78. The number of nitriles is 1. The fourth-order valence-electron chi connectivity index (χ4n) is 3.07. The van der Waals surface area contributed by atoms with E-state index in [2.05, 4.69) is 10.3 Å². The van der Waals surface area contributed by atoms with Crippen LogP contribution in [0.15, 0.2) is 42.7 Å². The molecule has 1 amide bonds. The van der Waals surface area contributed by atoms with E-state index in [-0.39, 0.29) is 23.6 Å². The molecule has 0 bridgehead atoms. The number of likely N-dealkylation sites (tertiary alicyclic amines) is 1. The van der Waals surface area contributed by atoms with Gasteiger partial charge in [0.25, 0.3) is 0 Å². The molecule has 1 aliphatic heterocycles. The number of pyridine rings is 1. The van der Waals surface area contributed by atoms with Gasteiger partial charge in [0.2, 0.25) is 5.91 Å². The molecule has 0 spiro atoms. The van der Waals surface area contributed by atoms with Crippen LogP contribution in [-0.2, 0) is 11.3 Å². The molecule has 1 aromatic heterocycles. The van der Waals surface area contributed by atoms with Gasteiger partial charge in [-0.25, -0.2) is 4.39 Å². The predicted octanol–water partition coefficient (Wildman–Crippen LogP) is 2.15. The molecule has 2 heterocycles. The van der Waals surface area contributed by atoms with Gasteiger partial charge in [-0.1, -0.05) is 12.1 Å². The van der Waals surface area contributed by atoms with Crippen molar-refractivity contribution in [3.8, 4) is 6.07 Å². The van der Waals surface area contributed by atoms with E-state index in [1.54, 1.807) is 36.5 Å². The van der Waals surface area contributed by atoms with Crippen LogP contribution < -0.4 is 5.32 Å². The standard InChI is InChI=1S/C18H17FN4O/c1-23-17(24)8-16(18(23)14-3-2-6-21-11-14)22-10-12-4-5-13(9-20)15(19)7-12/h2-7,11,16,18,22H,8,10H2,1H3/t16-,18+/m1/s1. The van der Waals surface area contributed by atoms with Crippen LogP contribution in [-0.4, -0.2) is 28.9 Å². The fraction of sp³-hybridized carbons (Fsp3) is 0.278. The Labute approximate surface area is 139 Å². The van der Waals surface area contributed by atoms with Crippen LogP contribution in [0.1, 0.15) is 29.2 Å². The third-order valence-electron chi connectivity index (χ3n) is 4.33. The lowest BCUT2D eigenvalue weighted by Crippen LogP contribution is -2.34. The summed E-state index contributed by atoms with van der Waals surface area (Å²) in [6.07, 6.45) is 3.84.